The third-order valence-corrected chi connectivity index (χ3v) is 4.37. The summed E-state index contributed by atoms with van der Waals surface area (Å²) in [5.41, 5.74) is 5.48. The van der Waals surface area contributed by atoms with E-state index in [2.05, 4.69) is 0 Å². The van der Waals surface area contributed by atoms with Crippen molar-refractivity contribution >= 4 is 10.8 Å². The number of rotatable bonds is 4. The fourth-order valence-corrected chi connectivity index (χ4v) is 2.96. The van der Waals surface area contributed by atoms with E-state index in [4.69, 9.17) is 15.2 Å². The van der Waals surface area contributed by atoms with Gasteiger partial charge in [0.25, 0.3) is 0 Å². The monoisotopic (exact) mass is 255 g/mol. The second-order valence-corrected chi connectivity index (χ2v) is 5.86. The first-order valence-corrected chi connectivity index (χ1v) is 6.94. The number of fused-ring (bicyclic) bond motifs is 1. The molecule has 0 aliphatic carbocycles. The van der Waals surface area contributed by atoms with Crippen LogP contribution in [0.4, 0.5) is 0 Å². The maximum atomic E-state index is 12.2. The lowest BCUT2D eigenvalue weighted by Crippen LogP contribution is -2.18. The van der Waals surface area contributed by atoms with Crippen molar-refractivity contribution in [2.75, 3.05) is 19.8 Å². The average molecular weight is 255 g/mol. The van der Waals surface area contributed by atoms with Gasteiger partial charge in [-0.3, -0.25) is 4.21 Å². The predicted octanol–water partition coefficient (Wildman–Crippen LogP) is 1.30. The normalized spacial score (nSPS) is 17.5. The van der Waals surface area contributed by atoms with Crippen LogP contribution < -0.4 is 15.2 Å². The van der Waals surface area contributed by atoms with Gasteiger partial charge in [-0.15, -0.1) is 0 Å². The van der Waals surface area contributed by atoms with Gasteiger partial charge in [-0.2, -0.15) is 0 Å². The molecule has 0 saturated heterocycles. The van der Waals surface area contributed by atoms with Crippen molar-refractivity contribution in [1.29, 1.82) is 0 Å². The molecule has 2 N–H and O–H groups in total. The van der Waals surface area contributed by atoms with Crippen LogP contribution in [0.5, 0.6) is 11.5 Å². The zero-order valence-corrected chi connectivity index (χ0v) is 10.7. The molecule has 2 atom stereocenters. The highest BCUT2D eigenvalue weighted by Gasteiger charge is 2.17. The minimum Gasteiger partial charge on any atom is -0.486 e. The third kappa shape index (κ3) is 2.79. The molecule has 0 bridgehead atoms. The highest BCUT2D eigenvalue weighted by molar-refractivity contribution is 7.85. The Morgan fingerprint density at radius 3 is 2.76 bits per heavy atom. The van der Waals surface area contributed by atoms with Gasteiger partial charge in [0.2, 0.25) is 0 Å². The van der Waals surface area contributed by atoms with Gasteiger partial charge in [-0.05, 0) is 25.1 Å². The lowest BCUT2D eigenvalue weighted by Gasteiger charge is -2.19. The van der Waals surface area contributed by atoms with Gasteiger partial charge in [0, 0.05) is 16.2 Å². The van der Waals surface area contributed by atoms with Crippen LogP contribution in [0.2, 0.25) is 0 Å². The molecular formula is C12H17NO3S. The Morgan fingerprint density at radius 2 is 2.06 bits per heavy atom. The lowest BCUT2D eigenvalue weighted by atomic mass is 10.3. The van der Waals surface area contributed by atoms with Crippen molar-refractivity contribution in [1.82, 2.24) is 0 Å². The molecule has 17 heavy (non-hydrogen) atoms. The number of hydrogen-bond acceptors (Lipinski definition) is 4. The highest BCUT2D eigenvalue weighted by atomic mass is 32.2. The molecule has 0 aromatic heterocycles. The summed E-state index contributed by atoms with van der Waals surface area (Å²) in [4.78, 5) is 0.773. The molecule has 2 unspecified atom stereocenters. The Kier molecular flexibility index (Phi) is 4.02. The van der Waals surface area contributed by atoms with Gasteiger partial charge in [0.1, 0.15) is 13.2 Å². The first-order valence-electron chi connectivity index (χ1n) is 5.72. The van der Waals surface area contributed by atoms with E-state index in [0.29, 0.717) is 25.5 Å². The number of hydrogen-bond donors (Lipinski definition) is 1. The highest BCUT2D eigenvalue weighted by Crippen LogP contribution is 2.32. The Labute approximate surface area is 104 Å². The van der Waals surface area contributed by atoms with E-state index in [9.17, 15) is 4.21 Å². The summed E-state index contributed by atoms with van der Waals surface area (Å²) in [6.07, 6.45) is 0.751. The largest absolute Gasteiger partial charge is 0.486 e. The van der Waals surface area contributed by atoms with Gasteiger partial charge in [-0.25, -0.2) is 0 Å². The van der Waals surface area contributed by atoms with Gasteiger partial charge in [0.05, 0.1) is 10.8 Å². The summed E-state index contributed by atoms with van der Waals surface area (Å²) in [7, 11) is -1.04. The molecule has 1 aliphatic heterocycles. The van der Waals surface area contributed by atoms with E-state index in [1.165, 1.54) is 0 Å². The summed E-state index contributed by atoms with van der Waals surface area (Å²) >= 11 is 0. The molecule has 0 saturated carbocycles. The van der Waals surface area contributed by atoms with Crippen molar-refractivity contribution < 1.29 is 13.7 Å². The molecule has 5 heteroatoms. The van der Waals surface area contributed by atoms with E-state index in [-0.39, 0.29) is 5.25 Å². The molecule has 0 spiro atoms. The number of ether oxygens (including phenoxy) is 2. The lowest BCUT2D eigenvalue weighted by molar-refractivity contribution is 0.171. The molecular weight excluding hydrogens is 238 g/mol. The summed E-state index contributed by atoms with van der Waals surface area (Å²) < 4.78 is 23.1. The Balaban J connectivity index is 2.19. The predicted molar refractivity (Wildman–Crippen MR) is 67.0 cm³/mol. The maximum Gasteiger partial charge on any atom is 0.162 e. The van der Waals surface area contributed by atoms with Crippen LogP contribution in [-0.4, -0.2) is 29.2 Å². The second kappa shape index (κ2) is 5.51. The summed E-state index contributed by atoms with van der Waals surface area (Å²) in [5.74, 6) is 1.41. The summed E-state index contributed by atoms with van der Waals surface area (Å²) in [6, 6.07) is 5.45. The van der Waals surface area contributed by atoms with Crippen LogP contribution in [0.1, 0.15) is 13.3 Å². The Bertz CT molecular complexity index is 422. The molecule has 1 aliphatic rings. The number of benzene rings is 1. The second-order valence-electron chi connectivity index (χ2n) is 3.99. The molecule has 1 heterocycles. The van der Waals surface area contributed by atoms with Crippen LogP contribution in [0, 0.1) is 0 Å². The molecule has 0 radical (unpaired) electrons. The Hall–Kier alpha value is -1.07. The first kappa shape index (κ1) is 12.4. The number of nitrogens with two attached hydrogens (primary N) is 1. The van der Waals surface area contributed by atoms with E-state index in [1.54, 1.807) is 6.07 Å². The molecule has 4 nitrogen and oxygen atoms in total. The van der Waals surface area contributed by atoms with Crippen LogP contribution in [0.3, 0.4) is 0 Å². The molecule has 0 fully saturated rings. The molecule has 1 aromatic rings. The van der Waals surface area contributed by atoms with Crippen LogP contribution >= 0.6 is 0 Å². The minimum atomic E-state index is -1.04. The zero-order valence-electron chi connectivity index (χ0n) is 9.85. The van der Waals surface area contributed by atoms with Crippen molar-refractivity contribution in [2.45, 2.75) is 23.5 Å². The smallest absolute Gasteiger partial charge is 0.162 e. The maximum absolute atomic E-state index is 12.2. The van der Waals surface area contributed by atoms with Crippen molar-refractivity contribution in [3.63, 3.8) is 0 Å². The van der Waals surface area contributed by atoms with Crippen LogP contribution in [-0.2, 0) is 10.8 Å². The fourth-order valence-electron chi connectivity index (χ4n) is 1.72. The van der Waals surface area contributed by atoms with Crippen LogP contribution in [0.15, 0.2) is 23.1 Å². The van der Waals surface area contributed by atoms with Crippen molar-refractivity contribution in [2.24, 2.45) is 5.73 Å². The molecule has 0 amide bonds. The molecule has 1 aromatic carbocycles. The minimum absolute atomic E-state index is 0.0579. The zero-order chi connectivity index (χ0) is 12.3. The van der Waals surface area contributed by atoms with Gasteiger partial charge >= 0.3 is 0 Å². The first-order chi connectivity index (χ1) is 8.22. The average Bonchev–Trinajstić information content (AvgIpc) is 2.37. The van der Waals surface area contributed by atoms with E-state index >= 15 is 0 Å². The van der Waals surface area contributed by atoms with Crippen molar-refractivity contribution in [3.05, 3.63) is 18.2 Å². The summed E-state index contributed by atoms with van der Waals surface area (Å²) in [6.45, 7) is 3.61. The van der Waals surface area contributed by atoms with E-state index in [0.717, 1.165) is 17.1 Å². The van der Waals surface area contributed by atoms with Gasteiger partial charge in [0.15, 0.2) is 11.5 Å². The standard InChI is InChI=1S/C12H17NO3S/c1-9(4-5-13)17(14)10-2-3-11-12(8-10)16-7-6-15-11/h2-3,8-9H,4-7,13H2,1H3. The van der Waals surface area contributed by atoms with E-state index in [1.807, 2.05) is 19.1 Å². The topological polar surface area (TPSA) is 61.6 Å². The van der Waals surface area contributed by atoms with Crippen LogP contribution in [0.25, 0.3) is 0 Å². The summed E-state index contributed by atoms with van der Waals surface area (Å²) in [5, 5.41) is 0.0579. The molecule has 94 valence electrons. The molecule has 2 rings (SSSR count). The quantitative estimate of drug-likeness (QED) is 0.881. The van der Waals surface area contributed by atoms with Gasteiger partial charge in [-0.1, -0.05) is 6.92 Å². The van der Waals surface area contributed by atoms with Crippen molar-refractivity contribution in [3.8, 4) is 11.5 Å². The fraction of sp³-hybridized carbons (Fsp3) is 0.500. The third-order valence-electron chi connectivity index (χ3n) is 2.68. The van der Waals surface area contributed by atoms with Gasteiger partial charge < -0.3 is 15.2 Å². The SMILES string of the molecule is CC(CCN)S(=O)c1ccc2c(c1)OCCO2. The Morgan fingerprint density at radius 1 is 1.35 bits per heavy atom. The van der Waals surface area contributed by atoms with E-state index < -0.39 is 10.8 Å².